The Morgan fingerprint density at radius 1 is 1.47 bits per heavy atom. The molecule has 0 unspecified atom stereocenters. The minimum absolute atomic E-state index is 0.0777. The number of nitrogens with zero attached hydrogens (tertiary/aromatic N) is 2. The molecule has 0 atom stereocenters. The third-order valence-electron chi connectivity index (χ3n) is 2.08. The number of rotatable bonds is 3. The number of ether oxygens (including phenoxy) is 1. The summed E-state index contributed by atoms with van der Waals surface area (Å²) < 4.78 is 47.8. The van der Waals surface area contributed by atoms with Crippen LogP contribution in [0.2, 0.25) is 0 Å². The minimum atomic E-state index is -4.57. The molecule has 0 N–H and O–H groups in total. The molecule has 0 aromatic carbocycles. The maximum Gasteiger partial charge on any atom is 0.427 e. The van der Waals surface area contributed by atoms with Crippen LogP contribution in [0.5, 0.6) is 0 Å². The number of thiazole rings is 1. The summed E-state index contributed by atoms with van der Waals surface area (Å²) in [7, 11) is 0. The Morgan fingerprint density at radius 2 is 2.21 bits per heavy atom. The lowest BCUT2D eigenvalue weighted by Crippen LogP contribution is -2.08. The first-order valence-corrected chi connectivity index (χ1v) is 5.94. The molecule has 0 bridgehead atoms. The standard InChI is InChI=1S/C10H7F3N2O3S/c1-2-17-9(16)6-7(18-3-14-6)5-8(10(11,12)13)19-4-15-5/h3-4H,2H2,1H3. The summed E-state index contributed by atoms with van der Waals surface area (Å²) in [6.07, 6.45) is -3.70. The van der Waals surface area contributed by atoms with Crippen molar-refractivity contribution < 1.29 is 27.1 Å². The molecule has 0 spiro atoms. The van der Waals surface area contributed by atoms with Crippen molar-refractivity contribution in [2.75, 3.05) is 6.61 Å². The molecule has 0 radical (unpaired) electrons. The van der Waals surface area contributed by atoms with E-state index in [2.05, 4.69) is 14.7 Å². The molecule has 0 aliphatic heterocycles. The lowest BCUT2D eigenvalue weighted by atomic mass is 10.2. The Labute approximate surface area is 109 Å². The van der Waals surface area contributed by atoms with Crippen LogP contribution in [-0.2, 0) is 10.9 Å². The SMILES string of the molecule is CCOC(=O)c1ncoc1-c1ncsc1C(F)(F)F. The Balaban J connectivity index is 2.47. The van der Waals surface area contributed by atoms with Crippen LogP contribution in [0.1, 0.15) is 22.3 Å². The monoisotopic (exact) mass is 292 g/mol. The minimum Gasteiger partial charge on any atom is -0.461 e. The number of oxazole rings is 1. The van der Waals surface area contributed by atoms with Crippen LogP contribution >= 0.6 is 11.3 Å². The fourth-order valence-corrected chi connectivity index (χ4v) is 2.02. The number of esters is 1. The maximum absolute atomic E-state index is 12.7. The highest BCUT2D eigenvalue weighted by Crippen LogP contribution is 2.40. The molecule has 0 saturated carbocycles. The first-order chi connectivity index (χ1) is 8.95. The van der Waals surface area contributed by atoms with Crippen LogP contribution in [-0.4, -0.2) is 22.5 Å². The predicted octanol–water partition coefficient (Wildman–Crippen LogP) is 2.99. The third-order valence-corrected chi connectivity index (χ3v) is 2.95. The van der Waals surface area contributed by atoms with E-state index in [0.29, 0.717) is 11.3 Å². The van der Waals surface area contributed by atoms with E-state index in [4.69, 9.17) is 4.42 Å². The molecule has 0 aliphatic rings. The van der Waals surface area contributed by atoms with Gasteiger partial charge in [-0.15, -0.1) is 11.3 Å². The molecule has 2 aromatic rings. The Kier molecular flexibility index (Phi) is 3.56. The molecule has 5 nitrogen and oxygen atoms in total. The molecular weight excluding hydrogens is 285 g/mol. The zero-order chi connectivity index (χ0) is 14.0. The van der Waals surface area contributed by atoms with Gasteiger partial charge in [-0.2, -0.15) is 13.2 Å². The van der Waals surface area contributed by atoms with Gasteiger partial charge in [0.1, 0.15) is 10.6 Å². The number of hydrogen-bond donors (Lipinski definition) is 0. The van der Waals surface area contributed by atoms with Crippen molar-refractivity contribution in [3.8, 4) is 11.5 Å². The average molecular weight is 292 g/mol. The average Bonchev–Trinajstić information content (AvgIpc) is 2.96. The zero-order valence-electron chi connectivity index (χ0n) is 9.52. The number of hydrogen-bond acceptors (Lipinski definition) is 6. The summed E-state index contributed by atoms with van der Waals surface area (Å²) in [5.74, 6) is -1.20. The summed E-state index contributed by atoms with van der Waals surface area (Å²) >= 11 is 0.412. The smallest absolute Gasteiger partial charge is 0.427 e. The van der Waals surface area contributed by atoms with Crippen molar-refractivity contribution in [2.45, 2.75) is 13.1 Å². The van der Waals surface area contributed by atoms with E-state index in [0.717, 1.165) is 11.9 Å². The van der Waals surface area contributed by atoms with Crippen LogP contribution in [0, 0.1) is 0 Å². The summed E-state index contributed by atoms with van der Waals surface area (Å²) in [6, 6.07) is 0. The molecule has 2 rings (SSSR count). The van der Waals surface area contributed by atoms with Gasteiger partial charge >= 0.3 is 12.1 Å². The lowest BCUT2D eigenvalue weighted by Gasteiger charge is -2.05. The summed E-state index contributed by atoms with van der Waals surface area (Å²) in [5, 5.41) is 0. The van der Waals surface area contributed by atoms with E-state index in [1.165, 1.54) is 0 Å². The molecule has 0 saturated heterocycles. The van der Waals surface area contributed by atoms with E-state index in [9.17, 15) is 18.0 Å². The van der Waals surface area contributed by atoms with E-state index in [1.54, 1.807) is 6.92 Å². The van der Waals surface area contributed by atoms with Gasteiger partial charge in [-0.1, -0.05) is 0 Å². The van der Waals surface area contributed by atoms with Gasteiger partial charge in [-0.3, -0.25) is 0 Å². The number of carbonyl (C=O) groups is 1. The van der Waals surface area contributed by atoms with Crippen molar-refractivity contribution in [3.05, 3.63) is 22.5 Å². The first-order valence-electron chi connectivity index (χ1n) is 5.06. The first kappa shape index (κ1) is 13.5. The fraction of sp³-hybridized carbons (Fsp3) is 0.300. The van der Waals surface area contributed by atoms with Crippen LogP contribution in [0.3, 0.4) is 0 Å². The summed E-state index contributed by atoms with van der Waals surface area (Å²) in [4.78, 5) is 17.7. The van der Waals surface area contributed by atoms with Crippen molar-refractivity contribution in [1.82, 2.24) is 9.97 Å². The van der Waals surface area contributed by atoms with Crippen LogP contribution in [0.15, 0.2) is 16.3 Å². The second kappa shape index (κ2) is 5.00. The second-order valence-corrected chi connectivity index (χ2v) is 4.13. The molecule has 19 heavy (non-hydrogen) atoms. The molecular formula is C10H7F3N2O3S. The largest absolute Gasteiger partial charge is 0.461 e. The number of carbonyl (C=O) groups excluding carboxylic acids is 1. The molecule has 0 amide bonds. The highest BCUT2D eigenvalue weighted by molar-refractivity contribution is 7.10. The maximum atomic E-state index is 12.7. The van der Waals surface area contributed by atoms with Crippen molar-refractivity contribution in [1.29, 1.82) is 0 Å². The van der Waals surface area contributed by atoms with Gasteiger partial charge in [0.25, 0.3) is 0 Å². The Bertz CT molecular complexity index is 591. The van der Waals surface area contributed by atoms with Gasteiger partial charge in [0, 0.05) is 0 Å². The molecule has 0 aliphatic carbocycles. The topological polar surface area (TPSA) is 65.2 Å². The highest BCUT2D eigenvalue weighted by Gasteiger charge is 2.38. The highest BCUT2D eigenvalue weighted by atomic mass is 32.1. The van der Waals surface area contributed by atoms with Gasteiger partial charge < -0.3 is 9.15 Å². The Morgan fingerprint density at radius 3 is 2.84 bits per heavy atom. The van der Waals surface area contributed by atoms with E-state index < -0.39 is 22.7 Å². The third kappa shape index (κ3) is 2.60. The quantitative estimate of drug-likeness (QED) is 0.814. The summed E-state index contributed by atoms with van der Waals surface area (Å²) in [5.41, 5.74) is 0.242. The fourth-order valence-electron chi connectivity index (χ4n) is 1.37. The summed E-state index contributed by atoms with van der Waals surface area (Å²) in [6.45, 7) is 1.65. The normalized spacial score (nSPS) is 11.6. The van der Waals surface area contributed by atoms with Gasteiger partial charge in [-0.05, 0) is 6.92 Å². The molecule has 0 fully saturated rings. The second-order valence-electron chi connectivity index (χ2n) is 3.28. The lowest BCUT2D eigenvalue weighted by molar-refractivity contribution is -0.134. The predicted molar refractivity (Wildman–Crippen MR) is 58.6 cm³/mol. The van der Waals surface area contributed by atoms with Gasteiger partial charge in [-0.25, -0.2) is 14.8 Å². The molecule has 102 valence electrons. The van der Waals surface area contributed by atoms with E-state index >= 15 is 0 Å². The Hall–Kier alpha value is -1.90. The van der Waals surface area contributed by atoms with Crippen molar-refractivity contribution >= 4 is 17.3 Å². The van der Waals surface area contributed by atoms with Gasteiger partial charge in [0.2, 0.25) is 0 Å². The van der Waals surface area contributed by atoms with Crippen LogP contribution in [0.4, 0.5) is 13.2 Å². The molecule has 2 heterocycles. The molecule has 2 aromatic heterocycles. The van der Waals surface area contributed by atoms with E-state index in [1.807, 2.05) is 0 Å². The number of alkyl halides is 3. The van der Waals surface area contributed by atoms with E-state index in [-0.39, 0.29) is 18.1 Å². The van der Waals surface area contributed by atoms with Crippen molar-refractivity contribution in [3.63, 3.8) is 0 Å². The van der Waals surface area contributed by atoms with Crippen LogP contribution < -0.4 is 0 Å². The van der Waals surface area contributed by atoms with Crippen LogP contribution in [0.25, 0.3) is 11.5 Å². The zero-order valence-corrected chi connectivity index (χ0v) is 10.3. The van der Waals surface area contributed by atoms with Gasteiger partial charge in [0.05, 0.1) is 12.1 Å². The number of halogens is 3. The molecule has 9 heteroatoms. The number of aromatic nitrogens is 2. The van der Waals surface area contributed by atoms with Gasteiger partial charge in [0.15, 0.2) is 17.8 Å². The van der Waals surface area contributed by atoms with Crippen molar-refractivity contribution in [2.24, 2.45) is 0 Å².